The first kappa shape index (κ1) is 15.3. The summed E-state index contributed by atoms with van der Waals surface area (Å²) in [4.78, 5) is 26.7. The summed E-state index contributed by atoms with van der Waals surface area (Å²) < 4.78 is 5.14. The van der Waals surface area contributed by atoms with E-state index in [4.69, 9.17) is 4.74 Å². The van der Waals surface area contributed by atoms with Gasteiger partial charge in [0, 0.05) is 11.3 Å². The van der Waals surface area contributed by atoms with Crippen LogP contribution in [0.2, 0.25) is 0 Å². The molecule has 23 heavy (non-hydrogen) atoms. The van der Waals surface area contributed by atoms with E-state index in [1.807, 2.05) is 36.4 Å². The SMILES string of the molecule is O=C(NCc1cc2c([nH]c1=O)CCCC2)OCc1ccccc1. The zero-order valence-electron chi connectivity index (χ0n) is 12.9. The second-order valence-electron chi connectivity index (χ2n) is 5.75. The summed E-state index contributed by atoms with van der Waals surface area (Å²) in [5.74, 6) is 0. The topological polar surface area (TPSA) is 71.2 Å². The highest BCUT2D eigenvalue weighted by atomic mass is 16.5. The molecule has 2 N–H and O–H groups in total. The average molecular weight is 312 g/mol. The Bertz CT molecular complexity index is 738. The van der Waals surface area contributed by atoms with Gasteiger partial charge in [-0.25, -0.2) is 4.79 Å². The van der Waals surface area contributed by atoms with E-state index in [0.717, 1.165) is 36.9 Å². The Hall–Kier alpha value is -2.56. The Labute approximate surface area is 134 Å². The molecule has 1 amide bonds. The van der Waals surface area contributed by atoms with Gasteiger partial charge in [-0.3, -0.25) is 4.79 Å². The van der Waals surface area contributed by atoms with Crippen LogP contribution in [0, 0.1) is 0 Å². The molecular weight excluding hydrogens is 292 g/mol. The summed E-state index contributed by atoms with van der Waals surface area (Å²) in [6.07, 6.45) is 3.65. The Kier molecular flexibility index (Phi) is 4.76. The van der Waals surface area contributed by atoms with Crippen molar-refractivity contribution in [2.24, 2.45) is 0 Å². The van der Waals surface area contributed by atoms with Crippen LogP contribution in [0.3, 0.4) is 0 Å². The molecule has 0 aliphatic heterocycles. The molecule has 5 heteroatoms. The standard InChI is InChI=1S/C18H20N2O3/c21-17-15(10-14-8-4-5-9-16(14)20-17)11-19-18(22)23-12-13-6-2-1-3-7-13/h1-3,6-7,10H,4-5,8-9,11-12H2,(H,19,22)(H,20,21). The lowest BCUT2D eigenvalue weighted by Gasteiger charge is -2.16. The Balaban J connectivity index is 1.55. The van der Waals surface area contributed by atoms with Crippen LogP contribution in [0.15, 0.2) is 41.2 Å². The highest BCUT2D eigenvalue weighted by Gasteiger charge is 2.13. The van der Waals surface area contributed by atoms with E-state index in [0.29, 0.717) is 5.56 Å². The van der Waals surface area contributed by atoms with Gasteiger partial charge in [0.25, 0.3) is 5.56 Å². The normalized spacial score (nSPS) is 13.2. The predicted octanol–water partition coefficient (Wildman–Crippen LogP) is 2.68. The van der Waals surface area contributed by atoms with Crippen LogP contribution in [0.25, 0.3) is 0 Å². The summed E-state index contributed by atoms with van der Waals surface area (Å²) in [7, 11) is 0. The summed E-state index contributed by atoms with van der Waals surface area (Å²) in [5.41, 5.74) is 3.59. The molecular formula is C18H20N2O3. The molecule has 2 aromatic rings. The molecule has 5 nitrogen and oxygen atoms in total. The maximum Gasteiger partial charge on any atom is 0.407 e. The zero-order valence-corrected chi connectivity index (χ0v) is 12.9. The Morgan fingerprint density at radius 1 is 1.17 bits per heavy atom. The van der Waals surface area contributed by atoms with Crippen LogP contribution < -0.4 is 10.9 Å². The monoisotopic (exact) mass is 312 g/mol. The number of amides is 1. The molecule has 0 saturated carbocycles. The van der Waals surface area contributed by atoms with Crippen LogP contribution in [0.5, 0.6) is 0 Å². The number of aromatic nitrogens is 1. The van der Waals surface area contributed by atoms with Crippen molar-refractivity contribution in [1.82, 2.24) is 10.3 Å². The molecule has 0 bridgehead atoms. The van der Waals surface area contributed by atoms with Crippen molar-refractivity contribution < 1.29 is 9.53 Å². The molecule has 0 saturated heterocycles. The van der Waals surface area contributed by atoms with E-state index in [-0.39, 0.29) is 18.7 Å². The maximum atomic E-state index is 12.0. The molecule has 0 spiro atoms. The number of hydrogen-bond acceptors (Lipinski definition) is 3. The number of pyridine rings is 1. The van der Waals surface area contributed by atoms with Crippen molar-refractivity contribution >= 4 is 6.09 Å². The number of aryl methyl sites for hydroxylation is 2. The third-order valence-electron chi connectivity index (χ3n) is 4.05. The second kappa shape index (κ2) is 7.13. The van der Waals surface area contributed by atoms with Gasteiger partial charge in [0.05, 0.1) is 6.54 Å². The largest absolute Gasteiger partial charge is 0.445 e. The summed E-state index contributed by atoms with van der Waals surface area (Å²) >= 11 is 0. The van der Waals surface area contributed by atoms with Crippen molar-refractivity contribution in [3.63, 3.8) is 0 Å². The highest BCUT2D eigenvalue weighted by Crippen LogP contribution is 2.18. The van der Waals surface area contributed by atoms with E-state index in [1.54, 1.807) is 0 Å². The lowest BCUT2D eigenvalue weighted by molar-refractivity contribution is 0.139. The highest BCUT2D eigenvalue weighted by molar-refractivity contribution is 5.67. The molecule has 1 aliphatic carbocycles. The van der Waals surface area contributed by atoms with Crippen molar-refractivity contribution in [3.05, 3.63) is 69.1 Å². The fraction of sp³-hybridized carbons (Fsp3) is 0.333. The van der Waals surface area contributed by atoms with E-state index in [1.165, 1.54) is 5.56 Å². The number of benzene rings is 1. The molecule has 0 unspecified atom stereocenters. The first-order valence-corrected chi connectivity index (χ1v) is 7.91. The number of fused-ring (bicyclic) bond motifs is 1. The zero-order chi connectivity index (χ0) is 16.1. The lowest BCUT2D eigenvalue weighted by atomic mass is 9.95. The van der Waals surface area contributed by atoms with Gasteiger partial charge in [-0.15, -0.1) is 0 Å². The van der Waals surface area contributed by atoms with Crippen molar-refractivity contribution in [1.29, 1.82) is 0 Å². The van der Waals surface area contributed by atoms with Crippen LogP contribution >= 0.6 is 0 Å². The number of carbonyl (C=O) groups excluding carboxylic acids is 1. The third-order valence-corrected chi connectivity index (χ3v) is 4.05. The van der Waals surface area contributed by atoms with Crippen LogP contribution in [0.1, 0.15) is 35.2 Å². The number of H-pyrrole nitrogens is 1. The molecule has 0 radical (unpaired) electrons. The number of rotatable bonds is 4. The lowest BCUT2D eigenvalue weighted by Crippen LogP contribution is -2.28. The van der Waals surface area contributed by atoms with Gasteiger partial charge in [0.15, 0.2) is 0 Å². The maximum absolute atomic E-state index is 12.0. The molecule has 1 aliphatic rings. The van der Waals surface area contributed by atoms with Gasteiger partial charge in [0.1, 0.15) is 6.61 Å². The second-order valence-corrected chi connectivity index (χ2v) is 5.75. The van der Waals surface area contributed by atoms with E-state index < -0.39 is 6.09 Å². The van der Waals surface area contributed by atoms with Gasteiger partial charge >= 0.3 is 6.09 Å². The van der Waals surface area contributed by atoms with Crippen molar-refractivity contribution in [2.75, 3.05) is 0 Å². The van der Waals surface area contributed by atoms with Crippen LogP contribution in [0.4, 0.5) is 4.79 Å². The number of ether oxygens (including phenoxy) is 1. The minimum absolute atomic E-state index is 0.131. The summed E-state index contributed by atoms with van der Waals surface area (Å²) in [6.45, 7) is 0.392. The quantitative estimate of drug-likeness (QED) is 0.912. The smallest absolute Gasteiger partial charge is 0.407 e. The molecule has 3 rings (SSSR count). The van der Waals surface area contributed by atoms with Crippen LogP contribution in [-0.2, 0) is 30.7 Å². The first-order valence-electron chi connectivity index (χ1n) is 7.91. The van der Waals surface area contributed by atoms with E-state index in [2.05, 4.69) is 10.3 Å². The number of hydrogen-bond donors (Lipinski definition) is 2. The minimum atomic E-state index is -0.522. The van der Waals surface area contributed by atoms with Gasteiger partial charge in [-0.1, -0.05) is 30.3 Å². The summed E-state index contributed by atoms with van der Waals surface area (Å²) in [6, 6.07) is 11.4. The van der Waals surface area contributed by atoms with Crippen molar-refractivity contribution in [3.8, 4) is 0 Å². The third kappa shape index (κ3) is 4.00. The van der Waals surface area contributed by atoms with E-state index >= 15 is 0 Å². The molecule has 1 aromatic carbocycles. The van der Waals surface area contributed by atoms with Gasteiger partial charge in [-0.2, -0.15) is 0 Å². The van der Waals surface area contributed by atoms with Gasteiger partial charge in [-0.05, 0) is 42.9 Å². The van der Waals surface area contributed by atoms with Crippen LogP contribution in [-0.4, -0.2) is 11.1 Å². The number of carbonyl (C=O) groups is 1. The predicted molar refractivity (Wildman–Crippen MR) is 87.2 cm³/mol. The van der Waals surface area contributed by atoms with Crippen molar-refractivity contribution in [2.45, 2.75) is 38.8 Å². The molecule has 0 atom stereocenters. The molecule has 0 fully saturated rings. The molecule has 1 aromatic heterocycles. The number of alkyl carbamates (subject to hydrolysis) is 1. The Morgan fingerprint density at radius 2 is 1.96 bits per heavy atom. The molecule has 1 heterocycles. The van der Waals surface area contributed by atoms with E-state index in [9.17, 15) is 9.59 Å². The first-order chi connectivity index (χ1) is 11.2. The number of aromatic amines is 1. The van der Waals surface area contributed by atoms with Gasteiger partial charge < -0.3 is 15.0 Å². The fourth-order valence-corrected chi connectivity index (χ4v) is 2.80. The average Bonchev–Trinajstić information content (AvgIpc) is 2.59. The Morgan fingerprint density at radius 3 is 2.78 bits per heavy atom. The number of nitrogens with one attached hydrogen (secondary N) is 2. The minimum Gasteiger partial charge on any atom is -0.445 e. The fourth-order valence-electron chi connectivity index (χ4n) is 2.80. The van der Waals surface area contributed by atoms with Gasteiger partial charge in [0.2, 0.25) is 0 Å². The summed E-state index contributed by atoms with van der Waals surface area (Å²) in [5, 5.41) is 2.64. The molecule has 120 valence electrons.